The first-order chi connectivity index (χ1) is 6.63. The van der Waals surface area contributed by atoms with Crippen LogP contribution in [0.1, 0.15) is 30.4 Å². The first-order valence-electron chi connectivity index (χ1n) is 4.65. The van der Waals surface area contributed by atoms with Crippen LogP contribution in [0.3, 0.4) is 0 Å². The van der Waals surface area contributed by atoms with E-state index in [4.69, 9.17) is 6.42 Å². The van der Waals surface area contributed by atoms with E-state index in [1.807, 2.05) is 31.2 Å². The van der Waals surface area contributed by atoms with Gasteiger partial charge in [0.1, 0.15) is 5.78 Å². The van der Waals surface area contributed by atoms with Gasteiger partial charge in [-0.25, -0.2) is 0 Å². The lowest BCUT2D eigenvalue weighted by Gasteiger charge is -2.08. The van der Waals surface area contributed by atoms with Gasteiger partial charge in [-0.1, -0.05) is 35.7 Å². The molecule has 0 fully saturated rings. The van der Waals surface area contributed by atoms with E-state index in [9.17, 15) is 4.79 Å². The van der Waals surface area contributed by atoms with Gasteiger partial charge in [0.2, 0.25) is 0 Å². The summed E-state index contributed by atoms with van der Waals surface area (Å²) in [4.78, 5) is 11.0. The van der Waals surface area contributed by atoms with Crippen molar-refractivity contribution < 1.29 is 4.79 Å². The molecule has 1 heteroatoms. The lowest BCUT2D eigenvalue weighted by atomic mass is 9.94. The van der Waals surface area contributed by atoms with Crippen LogP contribution >= 0.6 is 0 Å². The topological polar surface area (TPSA) is 17.1 Å². The van der Waals surface area contributed by atoms with Crippen molar-refractivity contribution in [1.29, 1.82) is 0 Å². The van der Waals surface area contributed by atoms with Crippen LogP contribution in [-0.2, 0) is 4.79 Å². The molecule has 1 aromatic carbocycles. The van der Waals surface area contributed by atoms with Crippen molar-refractivity contribution in [2.45, 2.75) is 26.2 Å². The Kier molecular flexibility index (Phi) is 3.48. The van der Waals surface area contributed by atoms with Crippen LogP contribution in [0.15, 0.2) is 24.3 Å². The minimum Gasteiger partial charge on any atom is -0.300 e. The average molecular weight is 186 g/mol. The Hall–Kier alpha value is -1.55. The molecule has 0 radical (unpaired) electrons. The van der Waals surface area contributed by atoms with Crippen LogP contribution in [0, 0.1) is 19.3 Å². The first kappa shape index (κ1) is 10.5. The molecule has 0 N–H and O–H groups in total. The highest BCUT2D eigenvalue weighted by molar-refractivity contribution is 5.77. The Morgan fingerprint density at radius 3 is 2.43 bits per heavy atom. The fourth-order valence-electron chi connectivity index (χ4n) is 1.36. The number of rotatable bonds is 3. The second-order valence-electron chi connectivity index (χ2n) is 3.54. The van der Waals surface area contributed by atoms with E-state index in [2.05, 4.69) is 5.92 Å². The normalized spacial score (nSPS) is 11.8. The summed E-state index contributed by atoms with van der Waals surface area (Å²) < 4.78 is 0. The molecule has 1 atom stereocenters. The maximum atomic E-state index is 11.0. The first-order valence-corrected chi connectivity index (χ1v) is 4.65. The van der Waals surface area contributed by atoms with Gasteiger partial charge in [-0.2, -0.15) is 0 Å². The molecule has 0 aliphatic carbocycles. The fourth-order valence-corrected chi connectivity index (χ4v) is 1.36. The van der Waals surface area contributed by atoms with E-state index < -0.39 is 0 Å². The Morgan fingerprint density at radius 2 is 2.00 bits per heavy atom. The Balaban J connectivity index is 2.85. The summed E-state index contributed by atoms with van der Waals surface area (Å²) >= 11 is 0. The summed E-state index contributed by atoms with van der Waals surface area (Å²) in [6, 6.07) is 8.01. The second-order valence-corrected chi connectivity index (χ2v) is 3.54. The van der Waals surface area contributed by atoms with Gasteiger partial charge in [0.25, 0.3) is 0 Å². The molecule has 0 saturated heterocycles. The minimum atomic E-state index is -0.0758. The van der Waals surface area contributed by atoms with Crippen molar-refractivity contribution in [1.82, 2.24) is 0 Å². The lowest BCUT2D eigenvalue weighted by molar-refractivity contribution is -0.117. The van der Waals surface area contributed by atoms with Crippen molar-refractivity contribution in [3.63, 3.8) is 0 Å². The van der Waals surface area contributed by atoms with Crippen LogP contribution in [0.25, 0.3) is 0 Å². The predicted molar refractivity (Wildman–Crippen MR) is 58.1 cm³/mol. The van der Waals surface area contributed by atoms with Crippen molar-refractivity contribution in [3.05, 3.63) is 35.4 Å². The molecule has 0 heterocycles. The summed E-state index contributed by atoms with van der Waals surface area (Å²) in [6.45, 7) is 3.60. The van der Waals surface area contributed by atoms with E-state index in [0.29, 0.717) is 6.42 Å². The smallest absolute Gasteiger partial charge is 0.131 e. The number of carbonyl (C=O) groups is 1. The number of Topliss-reactive ketones (excluding diaryl/α,β-unsaturated/α-hetero) is 1. The highest BCUT2D eigenvalue weighted by Crippen LogP contribution is 2.19. The highest BCUT2D eigenvalue weighted by atomic mass is 16.1. The molecule has 0 amide bonds. The van der Waals surface area contributed by atoms with E-state index in [1.165, 1.54) is 5.56 Å². The fraction of sp³-hybridized carbons (Fsp3) is 0.308. The molecule has 0 saturated carbocycles. The maximum Gasteiger partial charge on any atom is 0.131 e. The molecular formula is C13H14O. The number of benzene rings is 1. The molecule has 0 aliphatic rings. The highest BCUT2D eigenvalue weighted by Gasteiger charge is 2.09. The molecule has 0 spiro atoms. The third kappa shape index (κ3) is 2.74. The van der Waals surface area contributed by atoms with Crippen molar-refractivity contribution >= 4 is 5.78 Å². The largest absolute Gasteiger partial charge is 0.300 e. The minimum absolute atomic E-state index is 0.0758. The molecule has 1 aromatic rings. The van der Waals surface area contributed by atoms with Gasteiger partial charge in [-0.3, -0.25) is 4.79 Å². The summed E-state index contributed by atoms with van der Waals surface area (Å²) in [5, 5.41) is 0. The Bertz CT molecular complexity index is 354. The third-order valence-corrected chi connectivity index (χ3v) is 2.17. The van der Waals surface area contributed by atoms with Crippen LogP contribution in [-0.4, -0.2) is 5.78 Å². The molecule has 0 aromatic heterocycles. The third-order valence-electron chi connectivity index (χ3n) is 2.17. The van der Waals surface area contributed by atoms with Gasteiger partial charge in [-0.05, 0) is 19.4 Å². The zero-order chi connectivity index (χ0) is 10.6. The number of terminal acetylenes is 1. The Morgan fingerprint density at radius 1 is 1.43 bits per heavy atom. The zero-order valence-electron chi connectivity index (χ0n) is 8.58. The summed E-state index contributed by atoms with van der Waals surface area (Å²) in [5.74, 6) is 2.71. The van der Waals surface area contributed by atoms with Gasteiger partial charge in [-0.15, -0.1) is 6.42 Å². The van der Waals surface area contributed by atoms with Gasteiger partial charge in [0.15, 0.2) is 0 Å². The van der Waals surface area contributed by atoms with E-state index >= 15 is 0 Å². The summed E-state index contributed by atoms with van der Waals surface area (Å²) in [5.41, 5.74) is 2.25. The molecule has 0 aliphatic heterocycles. The number of hydrogen-bond acceptors (Lipinski definition) is 1. The van der Waals surface area contributed by atoms with E-state index in [1.54, 1.807) is 6.92 Å². The van der Waals surface area contributed by atoms with Gasteiger partial charge < -0.3 is 0 Å². The molecule has 1 unspecified atom stereocenters. The van der Waals surface area contributed by atoms with Crippen LogP contribution < -0.4 is 0 Å². The zero-order valence-corrected chi connectivity index (χ0v) is 8.58. The summed E-state index contributed by atoms with van der Waals surface area (Å²) in [7, 11) is 0. The molecular weight excluding hydrogens is 172 g/mol. The van der Waals surface area contributed by atoms with Gasteiger partial charge in [0, 0.05) is 6.42 Å². The van der Waals surface area contributed by atoms with Crippen molar-refractivity contribution in [2.75, 3.05) is 0 Å². The molecule has 72 valence electrons. The monoisotopic (exact) mass is 186 g/mol. The van der Waals surface area contributed by atoms with Gasteiger partial charge in [0.05, 0.1) is 5.92 Å². The molecule has 0 bridgehead atoms. The van der Waals surface area contributed by atoms with Gasteiger partial charge >= 0.3 is 0 Å². The van der Waals surface area contributed by atoms with Crippen LogP contribution in [0.2, 0.25) is 0 Å². The maximum absolute atomic E-state index is 11.0. The van der Waals surface area contributed by atoms with Crippen LogP contribution in [0.5, 0.6) is 0 Å². The van der Waals surface area contributed by atoms with Crippen molar-refractivity contribution in [2.24, 2.45) is 0 Å². The molecule has 1 nitrogen and oxygen atoms in total. The number of carbonyl (C=O) groups excluding carboxylic acids is 1. The molecule has 1 rings (SSSR count). The summed E-state index contributed by atoms with van der Waals surface area (Å²) in [6.07, 6.45) is 5.82. The number of aryl methyl sites for hydroxylation is 1. The number of hydrogen-bond donors (Lipinski definition) is 0. The standard InChI is InChI=1S/C13H14O/c1-4-12(9-11(3)14)13-7-5-10(2)6-8-13/h1,5-8,12H,9H2,2-3H3. The average Bonchev–Trinajstić information content (AvgIpc) is 2.15. The lowest BCUT2D eigenvalue weighted by Crippen LogP contribution is -2.01. The quantitative estimate of drug-likeness (QED) is 0.663. The van der Waals surface area contributed by atoms with Crippen LogP contribution in [0.4, 0.5) is 0 Å². The van der Waals surface area contributed by atoms with Crippen molar-refractivity contribution in [3.8, 4) is 12.3 Å². The Labute approximate surface area is 85.1 Å². The van der Waals surface area contributed by atoms with E-state index in [0.717, 1.165) is 5.56 Å². The predicted octanol–water partition coefficient (Wildman–Crippen LogP) is 2.69. The van der Waals surface area contributed by atoms with E-state index in [-0.39, 0.29) is 11.7 Å². The molecule has 14 heavy (non-hydrogen) atoms. The SMILES string of the molecule is C#CC(CC(C)=O)c1ccc(C)cc1. The second kappa shape index (κ2) is 4.62. The number of ketones is 1.